The van der Waals surface area contributed by atoms with Gasteiger partial charge in [-0.05, 0) is 36.7 Å². The highest BCUT2D eigenvalue weighted by molar-refractivity contribution is 7.71. The molecule has 1 aliphatic carbocycles. The first kappa shape index (κ1) is 17.2. The number of H-pyrrole nitrogens is 1. The van der Waals surface area contributed by atoms with E-state index in [1.54, 1.807) is 0 Å². The Balaban J connectivity index is 1.34. The van der Waals surface area contributed by atoms with Crippen molar-refractivity contribution in [1.82, 2.24) is 24.6 Å². The summed E-state index contributed by atoms with van der Waals surface area (Å²) in [5.74, 6) is 1.40. The number of nitrogens with one attached hydrogen (secondary N) is 1. The molecule has 1 amide bonds. The molecular formula is C19H23N5OS. The highest BCUT2D eigenvalue weighted by Crippen LogP contribution is 2.31. The van der Waals surface area contributed by atoms with Crippen LogP contribution in [0.5, 0.6) is 0 Å². The smallest absolute Gasteiger partial charge is 0.225 e. The fourth-order valence-electron chi connectivity index (χ4n) is 3.18. The summed E-state index contributed by atoms with van der Waals surface area (Å²) in [5, 5.41) is 3.25. The van der Waals surface area contributed by atoms with Crippen molar-refractivity contribution in [3.05, 3.63) is 46.5 Å². The number of rotatable bonds is 5. The van der Waals surface area contributed by atoms with Crippen LogP contribution in [0.2, 0.25) is 0 Å². The quantitative estimate of drug-likeness (QED) is 0.823. The molecule has 1 aromatic carbocycles. The molecule has 1 saturated heterocycles. The molecule has 1 saturated carbocycles. The minimum Gasteiger partial charge on any atom is -0.340 e. The Morgan fingerprint density at radius 3 is 2.58 bits per heavy atom. The van der Waals surface area contributed by atoms with Crippen molar-refractivity contribution in [2.75, 3.05) is 26.2 Å². The average molecular weight is 369 g/mol. The summed E-state index contributed by atoms with van der Waals surface area (Å²) in [4.78, 5) is 20.9. The van der Waals surface area contributed by atoms with Gasteiger partial charge in [-0.1, -0.05) is 36.4 Å². The zero-order valence-electron chi connectivity index (χ0n) is 14.7. The van der Waals surface area contributed by atoms with Gasteiger partial charge in [0.25, 0.3) is 0 Å². The molecule has 0 radical (unpaired) electrons. The highest BCUT2D eigenvalue weighted by atomic mass is 32.1. The van der Waals surface area contributed by atoms with Gasteiger partial charge in [0.1, 0.15) is 5.82 Å². The van der Waals surface area contributed by atoms with Crippen LogP contribution in [0.4, 0.5) is 0 Å². The fraction of sp³-hybridized carbons (Fsp3) is 0.421. The summed E-state index contributed by atoms with van der Waals surface area (Å²) in [5.41, 5.74) is 1.12. The van der Waals surface area contributed by atoms with E-state index in [0.29, 0.717) is 23.3 Å². The Morgan fingerprint density at radius 2 is 1.88 bits per heavy atom. The Hall–Kier alpha value is -2.25. The first-order valence-electron chi connectivity index (χ1n) is 9.10. The molecule has 26 heavy (non-hydrogen) atoms. The van der Waals surface area contributed by atoms with Crippen LogP contribution in [0.3, 0.4) is 0 Å². The van der Waals surface area contributed by atoms with Crippen molar-refractivity contribution < 1.29 is 4.79 Å². The van der Waals surface area contributed by atoms with Crippen molar-refractivity contribution in [3.63, 3.8) is 0 Å². The van der Waals surface area contributed by atoms with Crippen molar-refractivity contribution in [2.24, 2.45) is 5.92 Å². The third-order valence-corrected chi connectivity index (χ3v) is 5.19. The van der Waals surface area contributed by atoms with Crippen LogP contribution in [0.25, 0.3) is 12.2 Å². The predicted octanol–water partition coefficient (Wildman–Crippen LogP) is 2.62. The SMILES string of the molecule is O=C(C1CC1)N1CCN(Cn2[nH]c(/C=C/c3ccccc3)nc2=S)CC1. The number of carbonyl (C=O) groups is 1. The number of carbonyl (C=O) groups excluding carboxylic acids is 1. The van der Waals surface area contributed by atoms with Gasteiger partial charge in [-0.25, -0.2) is 4.68 Å². The summed E-state index contributed by atoms with van der Waals surface area (Å²) in [6.45, 7) is 4.02. The molecule has 1 aliphatic heterocycles. The zero-order valence-corrected chi connectivity index (χ0v) is 15.5. The maximum atomic E-state index is 12.1. The number of nitrogens with zero attached hydrogens (tertiary/aromatic N) is 4. The van der Waals surface area contributed by atoms with E-state index < -0.39 is 0 Å². The van der Waals surface area contributed by atoms with E-state index in [2.05, 4.69) is 15.0 Å². The third-order valence-electron chi connectivity index (χ3n) is 4.88. The second-order valence-corrected chi connectivity index (χ2v) is 7.29. The molecular weight excluding hydrogens is 346 g/mol. The number of aromatic nitrogens is 3. The van der Waals surface area contributed by atoms with Crippen LogP contribution in [0.15, 0.2) is 30.3 Å². The normalized spacial score (nSPS) is 18.5. The molecule has 1 N–H and O–H groups in total. The van der Waals surface area contributed by atoms with Gasteiger partial charge in [0.15, 0.2) is 0 Å². The summed E-state index contributed by atoms with van der Waals surface area (Å²) >= 11 is 5.37. The van der Waals surface area contributed by atoms with Gasteiger partial charge in [-0.15, -0.1) is 0 Å². The molecule has 0 bridgehead atoms. The van der Waals surface area contributed by atoms with Crippen molar-refractivity contribution in [1.29, 1.82) is 0 Å². The van der Waals surface area contributed by atoms with Crippen LogP contribution in [-0.2, 0) is 11.5 Å². The average Bonchev–Trinajstić information content (AvgIpc) is 3.46. The Labute approximate surface area is 158 Å². The second-order valence-electron chi connectivity index (χ2n) is 6.92. The topological polar surface area (TPSA) is 57.2 Å². The van der Waals surface area contributed by atoms with Gasteiger partial charge < -0.3 is 4.90 Å². The summed E-state index contributed by atoms with van der Waals surface area (Å²) in [6, 6.07) is 10.1. The number of amides is 1. The summed E-state index contributed by atoms with van der Waals surface area (Å²) in [6.07, 6.45) is 6.09. The molecule has 2 fully saturated rings. The highest BCUT2D eigenvalue weighted by Gasteiger charge is 2.34. The predicted molar refractivity (Wildman–Crippen MR) is 104 cm³/mol. The van der Waals surface area contributed by atoms with Crippen molar-refractivity contribution >= 4 is 30.3 Å². The van der Waals surface area contributed by atoms with Crippen LogP contribution < -0.4 is 0 Å². The second kappa shape index (κ2) is 7.55. The number of aromatic amines is 1. The van der Waals surface area contributed by atoms with Gasteiger partial charge >= 0.3 is 0 Å². The molecule has 2 heterocycles. The first-order valence-corrected chi connectivity index (χ1v) is 9.51. The number of piperazine rings is 1. The molecule has 0 spiro atoms. The van der Waals surface area contributed by atoms with Gasteiger partial charge in [0, 0.05) is 32.1 Å². The lowest BCUT2D eigenvalue weighted by Crippen LogP contribution is -2.49. The van der Waals surface area contributed by atoms with Gasteiger partial charge in [-0.2, -0.15) is 4.98 Å². The van der Waals surface area contributed by atoms with E-state index >= 15 is 0 Å². The maximum absolute atomic E-state index is 12.1. The number of benzene rings is 1. The van der Waals surface area contributed by atoms with E-state index in [0.717, 1.165) is 50.4 Å². The standard InChI is InChI=1S/C19H23N5OS/c25-18(16-7-8-16)23-12-10-22(11-13-23)14-24-19(26)20-17(21-24)9-6-15-4-2-1-3-5-15/h1-6,9,16H,7-8,10-14H2,(H,20,21,26)/b9-6+. The third kappa shape index (κ3) is 4.11. The fourth-order valence-corrected chi connectivity index (χ4v) is 3.38. The van der Waals surface area contributed by atoms with E-state index in [4.69, 9.17) is 12.2 Å². The molecule has 1 aromatic heterocycles. The largest absolute Gasteiger partial charge is 0.340 e. The first-order chi connectivity index (χ1) is 12.7. The zero-order chi connectivity index (χ0) is 17.9. The van der Waals surface area contributed by atoms with E-state index in [1.807, 2.05) is 52.1 Å². The van der Waals surface area contributed by atoms with E-state index in [9.17, 15) is 4.79 Å². The number of hydrogen-bond donors (Lipinski definition) is 1. The van der Waals surface area contributed by atoms with Crippen LogP contribution >= 0.6 is 12.2 Å². The summed E-state index contributed by atoms with van der Waals surface area (Å²) in [7, 11) is 0. The molecule has 4 rings (SSSR count). The monoisotopic (exact) mass is 369 g/mol. The summed E-state index contributed by atoms with van der Waals surface area (Å²) < 4.78 is 2.44. The molecule has 2 aromatic rings. The van der Waals surface area contributed by atoms with E-state index in [-0.39, 0.29) is 0 Å². The van der Waals surface area contributed by atoms with Crippen molar-refractivity contribution in [3.8, 4) is 0 Å². The van der Waals surface area contributed by atoms with Crippen LogP contribution in [0.1, 0.15) is 24.2 Å². The molecule has 7 heteroatoms. The minimum atomic E-state index is 0.307. The van der Waals surface area contributed by atoms with Gasteiger partial charge in [0.05, 0.1) is 6.67 Å². The van der Waals surface area contributed by atoms with E-state index in [1.165, 1.54) is 0 Å². The van der Waals surface area contributed by atoms with Crippen LogP contribution in [-0.4, -0.2) is 56.7 Å². The number of hydrogen-bond acceptors (Lipinski definition) is 4. The molecule has 136 valence electrons. The molecule has 0 unspecified atom stereocenters. The molecule has 6 nitrogen and oxygen atoms in total. The Kier molecular flexibility index (Phi) is 4.99. The lowest BCUT2D eigenvalue weighted by Gasteiger charge is -2.34. The lowest BCUT2D eigenvalue weighted by atomic mass is 10.2. The van der Waals surface area contributed by atoms with Crippen LogP contribution in [0, 0.1) is 10.7 Å². The minimum absolute atomic E-state index is 0.307. The maximum Gasteiger partial charge on any atom is 0.225 e. The molecule has 0 atom stereocenters. The van der Waals surface area contributed by atoms with Crippen molar-refractivity contribution in [2.45, 2.75) is 19.5 Å². The lowest BCUT2D eigenvalue weighted by molar-refractivity contribution is -0.134. The van der Waals surface area contributed by atoms with Gasteiger partial charge in [-0.3, -0.25) is 14.8 Å². The molecule has 2 aliphatic rings. The van der Waals surface area contributed by atoms with Gasteiger partial charge in [0.2, 0.25) is 10.7 Å². The Morgan fingerprint density at radius 1 is 1.15 bits per heavy atom. The Bertz CT molecular complexity index is 844.